The quantitative estimate of drug-likeness (QED) is 0.734. The van der Waals surface area contributed by atoms with Crippen molar-refractivity contribution in [3.05, 3.63) is 22.2 Å². The second-order valence-corrected chi connectivity index (χ2v) is 2.97. The maximum absolute atomic E-state index is 12.8. The summed E-state index contributed by atoms with van der Waals surface area (Å²) in [6, 6.07) is 1.72. The highest BCUT2D eigenvalue weighted by atomic mass is 79.9. The van der Waals surface area contributed by atoms with Crippen LogP contribution in [0.2, 0.25) is 0 Å². The van der Waals surface area contributed by atoms with Crippen LogP contribution in [0.3, 0.4) is 0 Å². The zero-order valence-corrected chi connectivity index (χ0v) is 7.65. The molecule has 1 rings (SSSR count). The van der Waals surface area contributed by atoms with E-state index in [2.05, 4.69) is 20.9 Å². The zero-order chi connectivity index (χ0) is 8.43. The van der Waals surface area contributed by atoms with E-state index in [1.807, 2.05) is 6.92 Å². The fourth-order valence-electron chi connectivity index (χ4n) is 0.833. The van der Waals surface area contributed by atoms with Crippen molar-refractivity contribution in [2.24, 2.45) is 0 Å². The van der Waals surface area contributed by atoms with E-state index in [4.69, 9.17) is 5.73 Å². The number of aromatic nitrogens is 1. The van der Waals surface area contributed by atoms with Crippen molar-refractivity contribution < 1.29 is 4.39 Å². The van der Waals surface area contributed by atoms with Crippen molar-refractivity contribution in [1.29, 1.82) is 0 Å². The molecule has 4 heteroatoms. The molecule has 0 unspecified atom stereocenters. The van der Waals surface area contributed by atoms with Crippen molar-refractivity contribution in [3.63, 3.8) is 0 Å². The molecule has 0 amide bonds. The minimum atomic E-state index is -0.601. The molecule has 0 fully saturated rings. The third-order valence-corrected chi connectivity index (χ3v) is 1.85. The van der Waals surface area contributed by atoms with Gasteiger partial charge >= 0.3 is 0 Å². The molecular formula is C7H8BrFN2. The largest absolute Gasteiger partial charge is 0.395 e. The van der Waals surface area contributed by atoms with Gasteiger partial charge in [-0.15, -0.1) is 0 Å². The highest BCUT2D eigenvalue weighted by molar-refractivity contribution is 9.10. The van der Waals surface area contributed by atoms with Crippen molar-refractivity contribution in [2.45, 2.75) is 13.3 Å². The van der Waals surface area contributed by atoms with Crippen molar-refractivity contribution in [1.82, 2.24) is 4.98 Å². The Balaban J connectivity index is 3.24. The van der Waals surface area contributed by atoms with Crippen LogP contribution in [-0.2, 0) is 6.42 Å². The Kier molecular flexibility index (Phi) is 2.44. The molecule has 0 aliphatic heterocycles. The van der Waals surface area contributed by atoms with Gasteiger partial charge in [-0.25, -0.2) is 4.98 Å². The second-order valence-electron chi connectivity index (χ2n) is 2.16. The fourth-order valence-corrected chi connectivity index (χ4v) is 1.26. The first-order valence-corrected chi connectivity index (χ1v) is 4.04. The van der Waals surface area contributed by atoms with Gasteiger partial charge in [-0.3, -0.25) is 0 Å². The lowest BCUT2D eigenvalue weighted by Crippen LogP contribution is -1.99. The first-order chi connectivity index (χ1) is 5.15. The van der Waals surface area contributed by atoms with E-state index >= 15 is 0 Å². The smallest absolute Gasteiger partial charge is 0.237 e. The molecule has 0 atom stereocenters. The third-order valence-electron chi connectivity index (χ3n) is 1.45. The number of nitrogen functional groups attached to an aromatic ring is 1. The Hall–Kier alpha value is -0.640. The van der Waals surface area contributed by atoms with Crippen molar-refractivity contribution in [3.8, 4) is 0 Å². The van der Waals surface area contributed by atoms with Gasteiger partial charge in [0.15, 0.2) is 0 Å². The molecule has 0 saturated heterocycles. The Bertz CT molecular complexity index is 275. The molecule has 1 aromatic rings. The van der Waals surface area contributed by atoms with E-state index < -0.39 is 5.95 Å². The minimum Gasteiger partial charge on any atom is -0.395 e. The summed E-state index contributed by atoms with van der Waals surface area (Å²) < 4.78 is 13.2. The SMILES string of the molecule is CCc1cc(Br)nc(F)c1N. The van der Waals surface area contributed by atoms with Crippen molar-refractivity contribution in [2.75, 3.05) is 5.73 Å². The molecule has 0 aliphatic carbocycles. The second kappa shape index (κ2) is 3.17. The van der Waals surface area contributed by atoms with Gasteiger partial charge < -0.3 is 5.73 Å². The van der Waals surface area contributed by atoms with E-state index in [-0.39, 0.29) is 5.69 Å². The summed E-state index contributed by atoms with van der Waals surface area (Å²) in [6.45, 7) is 1.91. The van der Waals surface area contributed by atoms with Gasteiger partial charge in [0.05, 0.1) is 5.69 Å². The molecule has 1 aromatic heterocycles. The first-order valence-electron chi connectivity index (χ1n) is 3.25. The summed E-state index contributed by atoms with van der Waals surface area (Å²) in [5.74, 6) is -0.601. The Labute approximate surface area is 72.8 Å². The number of rotatable bonds is 1. The normalized spacial score (nSPS) is 10.1. The molecular weight excluding hydrogens is 211 g/mol. The number of halogens is 2. The van der Waals surface area contributed by atoms with Crippen LogP contribution >= 0.6 is 15.9 Å². The summed E-state index contributed by atoms with van der Waals surface area (Å²) in [5, 5.41) is 0. The number of nitrogens with zero attached hydrogens (tertiary/aromatic N) is 1. The van der Waals surface area contributed by atoms with Gasteiger partial charge in [0.2, 0.25) is 5.95 Å². The van der Waals surface area contributed by atoms with Crippen molar-refractivity contribution >= 4 is 21.6 Å². The lowest BCUT2D eigenvalue weighted by atomic mass is 10.2. The molecule has 0 bridgehead atoms. The highest BCUT2D eigenvalue weighted by Crippen LogP contribution is 2.19. The molecule has 11 heavy (non-hydrogen) atoms. The maximum atomic E-state index is 12.8. The number of pyridine rings is 1. The standard InChI is InChI=1S/C7H8BrFN2/c1-2-4-3-5(8)11-7(9)6(4)10/h3H,2,10H2,1H3. The van der Waals surface area contributed by atoms with Gasteiger partial charge in [-0.2, -0.15) is 4.39 Å². The molecule has 0 saturated carbocycles. The molecule has 0 spiro atoms. The molecule has 0 radical (unpaired) electrons. The predicted octanol–water partition coefficient (Wildman–Crippen LogP) is 2.13. The number of hydrogen-bond donors (Lipinski definition) is 1. The average molecular weight is 219 g/mol. The van der Waals surface area contributed by atoms with Crippen LogP contribution in [0.1, 0.15) is 12.5 Å². The predicted molar refractivity (Wildman–Crippen MR) is 45.7 cm³/mol. The fraction of sp³-hybridized carbons (Fsp3) is 0.286. The van der Waals surface area contributed by atoms with Crippen LogP contribution in [0.15, 0.2) is 10.7 Å². The molecule has 1 heterocycles. The molecule has 0 aromatic carbocycles. The van der Waals surface area contributed by atoms with Gasteiger partial charge in [-0.1, -0.05) is 6.92 Å². The van der Waals surface area contributed by atoms with Crippen LogP contribution < -0.4 is 5.73 Å². The van der Waals surface area contributed by atoms with Crippen LogP contribution in [-0.4, -0.2) is 4.98 Å². The highest BCUT2D eigenvalue weighted by Gasteiger charge is 2.05. The molecule has 0 aliphatic rings. The van der Waals surface area contributed by atoms with E-state index in [0.717, 1.165) is 5.56 Å². The Morgan fingerprint density at radius 3 is 2.91 bits per heavy atom. The Morgan fingerprint density at radius 2 is 2.36 bits per heavy atom. The minimum absolute atomic E-state index is 0.149. The number of hydrogen-bond acceptors (Lipinski definition) is 2. The molecule has 2 N–H and O–H groups in total. The monoisotopic (exact) mass is 218 g/mol. The summed E-state index contributed by atoms with van der Waals surface area (Å²) >= 11 is 3.08. The number of anilines is 1. The summed E-state index contributed by atoms with van der Waals surface area (Å²) in [6.07, 6.45) is 0.712. The summed E-state index contributed by atoms with van der Waals surface area (Å²) in [7, 11) is 0. The number of nitrogens with two attached hydrogens (primary N) is 1. The maximum Gasteiger partial charge on any atom is 0.237 e. The van der Waals surface area contributed by atoms with Gasteiger partial charge in [0, 0.05) is 0 Å². The van der Waals surface area contributed by atoms with E-state index in [0.29, 0.717) is 11.0 Å². The third kappa shape index (κ3) is 1.68. The van der Waals surface area contributed by atoms with Crippen LogP contribution in [0.4, 0.5) is 10.1 Å². The lowest BCUT2D eigenvalue weighted by Gasteiger charge is -2.02. The lowest BCUT2D eigenvalue weighted by molar-refractivity contribution is 0.584. The van der Waals surface area contributed by atoms with E-state index in [9.17, 15) is 4.39 Å². The average Bonchev–Trinajstić information content (AvgIpc) is 1.96. The van der Waals surface area contributed by atoms with Gasteiger partial charge in [0.25, 0.3) is 0 Å². The number of aryl methyl sites for hydroxylation is 1. The Morgan fingerprint density at radius 1 is 1.73 bits per heavy atom. The first kappa shape index (κ1) is 8.46. The van der Waals surface area contributed by atoms with E-state index in [1.54, 1.807) is 6.07 Å². The topological polar surface area (TPSA) is 38.9 Å². The summed E-state index contributed by atoms with van der Waals surface area (Å²) in [4.78, 5) is 3.51. The van der Waals surface area contributed by atoms with Gasteiger partial charge in [-0.05, 0) is 34.0 Å². The van der Waals surface area contributed by atoms with Crippen LogP contribution in [0.25, 0.3) is 0 Å². The van der Waals surface area contributed by atoms with E-state index in [1.165, 1.54) is 0 Å². The zero-order valence-electron chi connectivity index (χ0n) is 6.06. The summed E-state index contributed by atoms with van der Waals surface area (Å²) in [5.41, 5.74) is 6.33. The molecule has 60 valence electrons. The van der Waals surface area contributed by atoms with Gasteiger partial charge in [0.1, 0.15) is 4.60 Å². The van der Waals surface area contributed by atoms with Crippen LogP contribution in [0.5, 0.6) is 0 Å². The molecule has 2 nitrogen and oxygen atoms in total. The van der Waals surface area contributed by atoms with Crippen LogP contribution in [0, 0.1) is 5.95 Å².